The highest BCUT2D eigenvalue weighted by Crippen LogP contribution is 2.11. The van der Waals surface area contributed by atoms with Crippen LogP contribution in [0.25, 0.3) is 0 Å². The van der Waals surface area contributed by atoms with Crippen LogP contribution in [0.3, 0.4) is 0 Å². The summed E-state index contributed by atoms with van der Waals surface area (Å²) < 4.78 is 0. The minimum absolute atomic E-state index is 0.0153. The van der Waals surface area contributed by atoms with Gasteiger partial charge in [0.05, 0.1) is 0 Å². The molecular formula is C21H25ClN2O2. The molecule has 0 bridgehead atoms. The van der Waals surface area contributed by atoms with E-state index in [1.165, 1.54) is 0 Å². The van der Waals surface area contributed by atoms with Gasteiger partial charge in [0, 0.05) is 17.1 Å². The van der Waals surface area contributed by atoms with E-state index in [4.69, 9.17) is 11.6 Å². The molecular weight excluding hydrogens is 348 g/mol. The van der Waals surface area contributed by atoms with Crippen LogP contribution in [0.1, 0.15) is 35.3 Å². The van der Waals surface area contributed by atoms with E-state index in [2.05, 4.69) is 10.6 Å². The van der Waals surface area contributed by atoms with Gasteiger partial charge in [-0.05, 0) is 48.6 Å². The van der Waals surface area contributed by atoms with Crippen LogP contribution in [0.4, 0.5) is 0 Å². The molecule has 0 fully saturated rings. The molecule has 4 nitrogen and oxygen atoms in total. The van der Waals surface area contributed by atoms with Crippen molar-refractivity contribution in [3.63, 3.8) is 0 Å². The van der Waals surface area contributed by atoms with Gasteiger partial charge in [-0.2, -0.15) is 0 Å². The smallest absolute Gasteiger partial charge is 0.252 e. The second-order valence-electron chi connectivity index (χ2n) is 6.68. The van der Waals surface area contributed by atoms with Crippen molar-refractivity contribution in [2.24, 2.45) is 5.92 Å². The number of carbonyl (C=O) groups is 2. The molecule has 0 heterocycles. The number of aryl methyl sites for hydroxylation is 1. The van der Waals surface area contributed by atoms with Gasteiger partial charge < -0.3 is 10.6 Å². The molecule has 2 aromatic rings. The Bertz CT molecular complexity index is 757. The molecule has 0 saturated heterocycles. The third-order valence-electron chi connectivity index (χ3n) is 4.25. The van der Waals surface area contributed by atoms with Crippen molar-refractivity contribution in [1.29, 1.82) is 0 Å². The summed E-state index contributed by atoms with van der Waals surface area (Å²) in [6.45, 7) is 6.22. The maximum atomic E-state index is 12.5. The molecule has 2 aromatic carbocycles. The lowest BCUT2D eigenvalue weighted by molar-refractivity contribution is -0.123. The highest BCUT2D eigenvalue weighted by atomic mass is 35.5. The maximum absolute atomic E-state index is 12.5. The van der Waals surface area contributed by atoms with Gasteiger partial charge in [-0.1, -0.05) is 55.8 Å². The quantitative estimate of drug-likeness (QED) is 0.777. The molecule has 0 saturated carbocycles. The lowest BCUT2D eigenvalue weighted by atomic mass is 10.0. The first-order valence-corrected chi connectivity index (χ1v) is 9.15. The molecule has 1 unspecified atom stereocenters. The van der Waals surface area contributed by atoms with Gasteiger partial charge in [-0.3, -0.25) is 9.59 Å². The number of benzene rings is 2. The molecule has 0 aliphatic heterocycles. The number of carbonyl (C=O) groups excluding carboxylic acids is 2. The fourth-order valence-electron chi connectivity index (χ4n) is 2.67. The average Bonchev–Trinajstić information content (AvgIpc) is 2.61. The van der Waals surface area contributed by atoms with Gasteiger partial charge in [0.2, 0.25) is 5.91 Å². The van der Waals surface area contributed by atoms with Crippen molar-refractivity contribution < 1.29 is 9.59 Å². The van der Waals surface area contributed by atoms with E-state index in [0.29, 0.717) is 23.6 Å². The first-order chi connectivity index (χ1) is 12.4. The summed E-state index contributed by atoms with van der Waals surface area (Å²) >= 11 is 5.87. The summed E-state index contributed by atoms with van der Waals surface area (Å²) in [6, 6.07) is 14.3. The first kappa shape index (κ1) is 20.0. The minimum Gasteiger partial charge on any atom is -0.354 e. The molecule has 138 valence electrons. The largest absolute Gasteiger partial charge is 0.354 e. The Morgan fingerprint density at radius 3 is 2.31 bits per heavy atom. The van der Waals surface area contributed by atoms with Gasteiger partial charge in [0.25, 0.3) is 5.91 Å². The summed E-state index contributed by atoms with van der Waals surface area (Å²) in [6.07, 6.45) is 0.708. The SMILES string of the molecule is Cc1ccccc1C(=O)NC(C(=O)NCCc1ccc(Cl)cc1)C(C)C. The summed E-state index contributed by atoms with van der Waals surface area (Å²) in [4.78, 5) is 25.0. The lowest BCUT2D eigenvalue weighted by Gasteiger charge is -2.22. The molecule has 26 heavy (non-hydrogen) atoms. The average molecular weight is 373 g/mol. The minimum atomic E-state index is -0.577. The van der Waals surface area contributed by atoms with Crippen LogP contribution in [-0.4, -0.2) is 24.4 Å². The van der Waals surface area contributed by atoms with Crippen molar-refractivity contribution in [2.45, 2.75) is 33.2 Å². The van der Waals surface area contributed by atoms with Crippen LogP contribution in [0, 0.1) is 12.8 Å². The number of halogens is 1. The van der Waals surface area contributed by atoms with Crippen molar-refractivity contribution in [3.05, 3.63) is 70.2 Å². The van der Waals surface area contributed by atoms with Crippen molar-refractivity contribution >= 4 is 23.4 Å². The van der Waals surface area contributed by atoms with E-state index >= 15 is 0 Å². The Labute approximate surface area is 159 Å². The number of hydrogen-bond donors (Lipinski definition) is 2. The Hall–Kier alpha value is -2.33. The van der Waals surface area contributed by atoms with E-state index in [1.54, 1.807) is 6.07 Å². The predicted molar refractivity (Wildman–Crippen MR) is 105 cm³/mol. The number of amides is 2. The highest BCUT2D eigenvalue weighted by Gasteiger charge is 2.24. The third kappa shape index (κ3) is 5.60. The Morgan fingerprint density at radius 2 is 1.69 bits per heavy atom. The van der Waals surface area contributed by atoms with Gasteiger partial charge in [-0.15, -0.1) is 0 Å². The van der Waals surface area contributed by atoms with Crippen LogP contribution in [0.5, 0.6) is 0 Å². The first-order valence-electron chi connectivity index (χ1n) is 8.77. The lowest BCUT2D eigenvalue weighted by Crippen LogP contribution is -2.50. The number of rotatable bonds is 7. The van der Waals surface area contributed by atoms with Gasteiger partial charge in [0.15, 0.2) is 0 Å². The van der Waals surface area contributed by atoms with Crippen molar-refractivity contribution in [1.82, 2.24) is 10.6 Å². The van der Waals surface area contributed by atoms with Crippen molar-refractivity contribution in [3.8, 4) is 0 Å². The number of nitrogens with one attached hydrogen (secondary N) is 2. The molecule has 2 amide bonds. The standard InChI is InChI=1S/C21H25ClN2O2/c1-14(2)19(24-20(25)18-7-5-4-6-15(18)3)21(26)23-13-12-16-8-10-17(22)11-9-16/h4-11,14,19H,12-13H2,1-3H3,(H,23,26)(H,24,25). The zero-order valence-corrected chi connectivity index (χ0v) is 16.1. The second-order valence-corrected chi connectivity index (χ2v) is 7.11. The molecule has 0 radical (unpaired) electrons. The monoisotopic (exact) mass is 372 g/mol. The van der Waals surface area contributed by atoms with E-state index < -0.39 is 6.04 Å². The van der Waals surface area contributed by atoms with Gasteiger partial charge >= 0.3 is 0 Å². The topological polar surface area (TPSA) is 58.2 Å². The molecule has 2 N–H and O–H groups in total. The summed E-state index contributed by atoms with van der Waals surface area (Å²) in [5, 5.41) is 6.46. The fraction of sp³-hybridized carbons (Fsp3) is 0.333. The van der Waals surface area contributed by atoms with Crippen LogP contribution in [0.15, 0.2) is 48.5 Å². The van der Waals surface area contributed by atoms with Crippen LogP contribution >= 0.6 is 11.6 Å². The van der Waals surface area contributed by atoms with Crippen LogP contribution in [0.2, 0.25) is 5.02 Å². The number of hydrogen-bond acceptors (Lipinski definition) is 2. The molecule has 0 aliphatic carbocycles. The molecule has 0 aromatic heterocycles. The third-order valence-corrected chi connectivity index (χ3v) is 4.50. The molecule has 0 aliphatic rings. The Kier molecular flexibility index (Phi) is 7.22. The van der Waals surface area contributed by atoms with Gasteiger partial charge in [0.1, 0.15) is 6.04 Å². The molecule has 2 rings (SSSR count). The fourth-order valence-corrected chi connectivity index (χ4v) is 2.80. The second kappa shape index (κ2) is 9.39. The zero-order valence-electron chi connectivity index (χ0n) is 15.4. The summed E-state index contributed by atoms with van der Waals surface area (Å²) in [5.74, 6) is -0.413. The van der Waals surface area contributed by atoms with E-state index in [9.17, 15) is 9.59 Å². The molecule has 5 heteroatoms. The van der Waals surface area contributed by atoms with Crippen LogP contribution in [-0.2, 0) is 11.2 Å². The molecule has 1 atom stereocenters. The normalized spacial score (nSPS) is 11.9. The summed E-state index contributed by atoms with van der Waals surface area (Å²) in [5.41, 5.74) is 2.57. The predicted octanol–water partition coefficient (Wildman–Crippen LogP) is 3.76. The van der Waals surface area contributed by atoms with E-state index in [0.717, 1.165) is 11.1 Å². The highest BCUT2D eigenvalue weighted by molar-refractivity contribution is 6.30. The Balaban J connectivity index is 1.93. The van der Waals surface area contributed by atoms with Crippen molar-refractivity contribution in [2.75, 3.05) is 6.54 Å². The van der Waals surface area contributed by atoms with E-state index in [-0.39, 0.29) is 17.7 Å². The van der Waals surface area contributed by atoms with Gasteiger partial charge in [-0.25, -0.2) is 0 Å². The molecule has 0 spiro atoms. The summed E-state index contributed by atoms with van der Waals surface area (Å²) in [7, 11) is 0. The maximum Gasteiger partial charge on any atom is 0.252 e. The van der Waals surface area contributed by atoms with E-state index in [1.807, 2.05) is 63.2 Å². The Morgan fingerprint density at radius 1 is 1.04 bits per heavy atom. The van der Waals surface area contributed by atoms with Crippen LogP contribution < -0.4 is 10.6 Å². The zero-order chi connectivity index (χ0) is 19.1.